The number of hydrogen-bond acceptors (Lipinski definition) is 4. The standard InChI is InChI=1S/C21H22BrN3O3/c22-17-8-11-19(26)16(12-17)13-23-25-21(28)15-6-9-18(10-7-15)24-20(27)14-4-2-1-3-5-14/h6-14,26H,1-5H2,(H,24,27)(H,25,28)/b23-13+. The van der Waals surface area contributed by atoms with Crippen LogP contribution in [0.5, 0.6) is 5.75 Å². The topological polar surface area (TPSA) is 90.8 Å². The lowest BCUT2D eigenvalue weighted by atomic mass is 9.88. The molecular formula is C21H22BrN3O3. The maximum atomic E-state index is 12.3. The molecule has 1 fully saturated rings. The number of rotatable bonds is 5. The average molecular weight is 444 g/mol. The highest BCUT2D eigenvalue weighted by Crippen LogP contribution is 2.25. The van der Waals surface area contributed by atoms with Crippen molar-refractivity contribution in [2.75, 3.05) is 5.32 Å². The van der Waals surface area contributed by atoms with E-state index in [1.807, 2.05) is 0 Å². The van der Waals surface area contributed by atoms with E-state index in [2.05, 4.69) is 31.8 Å². The molecule has 0 bridgehead atoms. The van der Waals surface area contributed by atoms with Crippen molar-refractivity contribution in [3.63, 3.8) is 0 Å². The van der Waals surface area contributed by atoms with Gasteiger partial charge >= 0.3 is 0 Å². The van der Waals surface area contributed by atoms with E-state index in [0.29, 0.717) is 16.8 Å². The van der Waals surface area contributed by atoms with Gasteiger partial charge in [0.2, 0.25) is 5.91 Å². The van der Waals surface area contributed by atoms with E-state index in [1.54, 1.807) is 36.4 Å². The van der Waals surface area contributed by atoms with Crippen LogP contribution in [0.3, 0.4) is 0 Å². The van der Waals surface area contributed by atoms with E-state index < -0.39 is 0 Å². The van der Waals surface area contributed by atoms with Crippen molar-refractivity contribution in [3.8, 4) is 5.75 Å². The van der Waals surface area contributed by atoms with Crippen LogP contribution >= 0.6 is 15.9 Å². The zero-order chi connectivity index (χ0) is 19.9. The lowest BCUT2D eigenvalue weighted by molar-refractivity contribution is -0.120. The van der Waals surface area contributed by atoms with E-state index in [1.165, 1.54) is 18.7 Å². The Balaban J connectivity index is 1.55. The van der Waals surface area contributed by atoms with Crippen molar-refractivity contribution in [2.24, 2.45) is 11.0 Å². The Morgan fingerprint density at radius 2 is 1.79 bits per heavy atom. The highest BCUT2D eigenvalue weighted by atomic mass is 79.9. The second kappa shape index (κ2) is 9.50. The predicted octanol–water partition coefficient (Wildman–Crippen LogP) is 4.44. The molecular weight excluding hydrogens is 422 g/mol. The fourth-order valence-electron chi connectivity index (χ4n) is 3.17. The summed E-state index contributed by atoms with van der Waals surface area (Å²) >= 11 is 3.31. The molecule has 1 aliphatic rings. The molecule has 1 aliphatic carbocycles. The zero-order valence-electron chi connectivity index (χ0n) is 15.3. The van der Waals surface area contributed by atoms with Crippen LogP contribution in [0, 0.1) is 5.92 Å². The first kappa shape index (κ1) is 20.1. The van der Waals surface area contributed by atoms with Crippen LogP contribution in [0.25, 0.3) is 0 Å². The molecule has 0 unspecified atom stereocenters. The number of benzene rings is 2. The number of carbonyl (C=O) groups excluding carboxylic acids is 2. The molecule has 3 rings (SSSR count). The molecule has 0 spiro atoms. The van der Waals surface area contributed by atoms with Gasteiger partial charge in [-0.15, -0.1) is 0 Å². The van der Waals surface area contributed by atoms with Crippen molar-refractivity contribution < 1.29 is 14.7 Å². The van der Waals surface area contributed by atoms with Crippen molar-refractivity contribution in [1.29, 1.82) is 0 Å². The van der Waals surface area contributed by atoms with Crippen LogP contribution < -0.4 is 10.7 Å². The molecule has 0 saturated heterocycles. The van der Waals surface area contributed by atoms with E-state index >= 15 is 0 Å². The average Bonchev–Trinajstić information content (AvgIpc) is 2.71. The van der Waals surface area contributed by atoms with Gasteiger partial charge in [0.1, 0.15) is 5.75 Å². The minimum Gasteiger partial charge on any atom is -0.507 e. The molecule has 0 aromatic heterocycles. The Labute approximate surface area is 172 Å². The Bertz CT molecular complexity index is 875. The fourth-order valence-corrected chi connectivity index (χ4v) is 3.55. The van der Waals surface area contributed by atoms with Gasteiger partial charge in [-0.1, -0.05) is 35.2 Å². The van der Waals surface area contributed by atoms with Gasteiger partial charge in [-0.3, -0.25) is 9.59 Å². The molecule has 0 radical (unpaired) electrons. The number of amides is 2. The summed E-state index contributed by atoms with van der Waals surface area (Å²) < 4.78 is 0.795. The van der Waals surface area contributed by atoms with Crippen LogP contribution in [-0.2, 0) is 4.79 Å². The van der Waals surface area contributed by atoms with Gasteiger partial charge in [0.15, 0.2) is 0 Å². The largest absolute Gasteiger partial charge is 0.507 e. The summed E-state index contributed by atoms with van der Waals surface area (Å²) in [4.78, 5) is 24.5. The van der Waals surface area contributed by atoms with Crippen LogP contribution in [-0.4, -0.2) is 23.1 Å². The number of aromatic hydroxyl groups is 1. The van der Waals surface area contributed by atoms with Gasteiger partial charge in [0, 0.05) is 27.2 Å². The number of nitrogens with zero attached hydrogens (tertiary/aromatic N) is 1. The molecule has 146 valence electrons. The zero-order valence-corrected chi connectivity index (χ0v) is 16.9. The second-order valence-electron chi connectivity index (χ2n) is 6.80. The molecule has 3 N–H and O–H groups in total. The van der Waals surface area contributed by atoms with E-state index in [9.17, 15) is 14.7 Å². The summed E-state index contributed by atoms with van der Waals surface area (Å²) in [5.74, 6) is -0.175. The van der Waals surface area contributed by atoms with Crippen LogP contribution in [0.15, 0.2) is 52.0 Å². The van der Waals surface area contributed by atoms with E-state index in [-0.39, 0.29) is 23.5 Å². The van der Waals surface area contributed by atoms with Gasteiger partial charge in [-0.2, -0.15) is 5.10 Å². The highest BCUT2D eigenvalue weighted by molar-refractivity contribution is 9.10. The minimum atomic E-state index is -0.379. The Hall–Kier alpha value is -2.67. The van der Waals surface area contributed by atoms with Crippen LogP contribution in [0.2, 0.25) is 0 Å². The van der Waals surface area contributed by atoms with Gasteiger partial charge in [0.05, 0.1) is 6.21 Å². The number of halogens is 1. The number of hydrazone groups is 1. The van der Waals surface area contributed by atoms with Gasteiger partial charge in [0.25, 0.3) is 5.91 Å². The SMILES string of the molecule is O=C(N/N=C/c1cc(Br)ccc1O)c1ccc(NC(=O)C2CCCCC2)cc1. The summed E-state index contributed by atoms with van der Waals surface area (Å²) in [5, 5.41) is 16.6. The first-order chi connectivity index (χ1) is 13.5. The van der Waals surface area contributed by atoms with Crippen molar-refractivity contribution in [2.45, 2.75) is 32.1 Å². The maximum absolute atomic E-state index is 12.3. The number of phenols is 1. The summed E-state index contributed by atoms with van der Waals surface area (Å²) in [6.45, 7) is 0. The normalized spacial score (nSPS) is 14.8. The Morgan fingerprint density at radius 3 is 2.50 bits per heavy atom. The molecule has 1 saturated carbocycles. The Morgan fingerprint density at radius 1 is 1.07 bits per heavy atom. The van der Waals surface area contributed by atoms with Crippen molar-refractivity contribution in [3.05, 3.63) is 58.1 Å². The summed E-state index contributed by atoms with van der Waals surface area (Å²) in [7, 11) is 0. The number of carbonyl (C=O) groups is 2. The van der Waals surface area contributed by atoms with Crippen LogP contribution in [0.1, 0.15) is 48.0 Å². The number of anilines is 1. The first-order valence-electron chi connectivity index (χ1n) is 9.26. The van der Waals surface area contributed by atoms with E-state index in [0.717, 1.165) is 30.2 Å². The monoisotopic (exact) mass is 443 g/mol. The number of nitrogens with one attached hydrogen (secondary N) is 2. The van der Waals surface area contributed by atoms with Gasteiger partial charge in [-0.25, -0.2) is 5.43 Å². The number of phenolic OH excluding ortho intramolecular Hbond substituents is 1. The van der Waals surface area contributed by atoms with E-state index in [4.69, 9.17) is 0 Å². The molecule has 0 atom stereocenters. The molecule has 0 aliphatic heterocycles. The Kier molecular flexibility index (Phi) is 6.81. The first-order valence-corrected chi connectivity index (χ1v) is 10.0. The third kappa shape index (κ3) is 5.42. The van der Waals surface area contributed by atoms with Crippen LogP contribution in [0.4, 0.5) is 5.69 Å². The molecule has 2 aromatic carbocycles. The van der Waals surface area contributed by atoms with Gasteiger partial charge in [-0.05, 0) is 55.3 Å². The minimum absolute atomic E-state index is 0.0512. The molecule has 7 heteroatoms. The molecule has 2 amide bonds. The summed E-state index contributed by atoms with van der Waals surface area (Å²) in [6, 6.07) is 11.6. The summed E-state index contributed by atoms with van der Waals surface area (Å²) in [6.07, 6.45) is 6.68. The smallest absolute Gasteiger partial charge is 0.271 e. The lowest BCUT2D eigenvalue weighted by Crippen LogP contribution is -2.24. The molecule has 6 nitrogen and oxygen atoms in total. The third-order valence-corrected chi connectivity index (χ3v) is 5.24. The molecule has 0 heterocycles. The maximum Gasteiger partial charge on any atom is 0.271 e. The third-order valence-electron chi connectivity index (χ3n) is 4.75. The highest BCUT2D eigenvalue weighted by Gasteiger charge is 2.21. The van der Waals surface area contributed by atoms with Gasteiger partial charge < -0.3 is 10.4 Å². The number of hydrogen-bond donors (Lipinski definition) is 3. The summed E-state index contributed by atoms with van der Waals surface area (Å²) in [5.41, 5.74) is 4.00. The lowest BCUT2D eigenvalue weighted by Gasteiger charge is -2.20. The van der Waals surface area contributed by atoms with Crippen molar-refractivity contribution in [1.82, 2.24) is 5.43 Å². The fraction of sp³-hybridized carbons (Fsp3) is 0.286. The quantitative estimate of drug-likeness (QED) is 0.471. The predicted molar refractivity (Wildman–Crippen MR) is 113 cm³/mol. The van der Waals surface area contributed by atoms with Crippen molar-refractivity contribution >= 4 is 39.6 Å². The molecule has 2 aromatic rings. The second-order valence-corrected chi connectivity index (χ2v) is 7.72. The molecule has 28 heavy (non-hydrogen) atoms.